The highest BCUT2D eigenvalue weighted by Crippen LogP contribution is 2.25. The van der Waals surface area contributed by atoms with Crippen molar-refractivity contribution in [1.29, 1.82) is 0 Å². The van der Waals surface area contributed by atoms with Gasteiger partial charge in [-0.15, -0.1) is 0 Å². The molecule has 1 amide bonds. The van der Waals surface area contributed by atoms with Gasteiger partial charge >= 0.3 is 0 Å². The third kappa shape index (κ3) is 3.93. The summed E-state index contributed by atoms with van der Waals surface area (Å²) in [6.07, 6.45) is 0. The Kier molecular flexibility index (Phi) is 5.45. The predicted octanol–water partition coefficient (Wildman–Crippen LogP) is 3.99. The topological polar surface area (TPSA) is 47.6 Å². The van der Waals surface area contributed by atoms with E-state index in [0.717, 1.165) is 0 Å². The lowest BCUT2D eigenvalue weighted by atomic mass is 10.1. The van der Waals surface area contributed by atoms with Crippen LogP contribution in [0.4, 0.5) is 4.39 Å². The van der Waals surface area contributed by atoms with E-state index in [1.54, 1.807) is 25.1 Å². The molecule has 0 aliphatic carbocycles. The molecule has 0 spiro atoms. The summed E-state index contributed by atoms with van der Waals surface area (Å²) in [5.74, 6) is -0.261. The summed E-state index contributed by atoms with van der Waals surface area (Å²) in [6.45, 7) is 1.76. The number of carbonyl (C=O) groups excluding carboxylic acids is 1. The Morgan fingerprint density at radius 2 is 1.78 bits per heavy atom. The van der Waals surface area contributed by atoms with Crippen molar-refractivity contribution in [2.45, 2.75) is 13.0 Å². The van der Waals surface area contributed by atoms with Gasteiger partial charge in [0.25, 0.3) is 5.91 Å². The Bertz CT molecular complexity index is 721. The molecule has 0 radical (unpaired) electrons. The summed E-state index contributed by atoms with van der Waals surface area (Å²) in [7, 11) is 2.87. The van der Waals surface area contributed by atoms with Crippen LogP contribution in [0.25, 0.3) is 0 Å². The molecule has 23 heavy (non-hydrogen) atoms. The highest BCUT2D eigenvalue weighted by atomic mass is 35.5. The normalized spacial score (nSPS) is 11.7. The quantitative estimate of drug-likeness (QED) is 0.897. The fourth-order valence-corrected chi connectivity index (χ4v) is 2.34. The maximum Gasteiger partial charge on any atom is 0.255 e. The number of amides is 1. The van der Waals surface area contributed by atoms with Gasteiger partial charge in [-0.05, 0) is 42.8 Å². The van der Waals surface area contributed by atoms with E-state index in [9.17, 15) is 9.18 Å². The Hall–Kier alpha value is -2.27. The zero-order valence-corrected chi connectivity index (χ0v) is 13.8. The molecule has 0 heterocycles. The highest BCUT2D eigenvalue weighted by Gasteiger charge is 2.17. The van der Waals surface area contributed by atoms with Gasteiger partial charge in [0.1, 0.15) is 5.75 Å². The third-order valence-electron chi connectivity index (χ3n) is 3.43. The zero-order valence-electron chi connectivity index (χ0n) is 13.0. The van der Waals surface area contributed by atoms with Crippen molar-refractivity contribution in [1.82, 2.24) is 5.32 Å². The molecule has 0 saturated carbocycles. The lowest BCUT2D eigenvalue weighted by molar-refractivity contribution is 0.0936. The monoisotopic (exact) mass is 337 g/mol. The van der Waals surface area contributed by atoms with E-state index in [1.165, 1.54) is 32.4 Å². The molecule has 0 bridgehead atoms. The first-order valence-electron chi connectivity index (χ1n) is 6.94. The van der Waals surface area contributed by atoms with E-state index in [1.807, 2.05) is 0 Å². The largest absolute Gasteiger partial charge is 0.496 e. The first kappa shape index (κ1) is 17.1. The smallest absolute Gasteiger partial charge is 0.255 e. The van der Waals surface area contributed by atoms with E-state index < -0.39 is 11.9 Å². The molecule has 0 aliphatic rings. The summed E-state index contributed by atoms with van der Waals surface area (Å²) < 4.78 is 23.8. The first-order valence-corrected chi connectivity index (χ1v) is 7.32. The summed E-state index contributed by atoms with van der Waals surface area (Å²) in [6, 6.07) is 8.94. The molecule has 1 N–H and O–H groups in total. The SMILES string of the molecule is COc1ccc(C(C)NC(=O)c2cc(Cl)ccc2OC)cc1F. The lowest BCUT2D eigenvalue weighted by Gasteiger charge is -2.16. The lowest BCUT2D eigenvalue weighted by Crippen LogP contribution is -2.27. The Balaban J connectivity index is 2.20. The van der Waals surface area contributed by atoms with Gasteiger partial charge in [-0.1, -0.05) is 17.7 Å². The molecular weight excluding hydrogens is 321 g/mol. The Morgan fingerprint density at radius 1 is 1.13 bits per heavy atom. The number of methoxy groups -OCH3 is 2. The van der Waals surface area contributed by atoms with Crippen molar-refractivity contribution in [2.75, 3.05) is 14.2 Å². The zero-order chi connectivity index (χ0) is 17.0. The van der Waals surface area contributed by atoms with Crippen LogP contribution in [0.3, 0.4) is 0 Å². The molecule has 2 aromatic carbocycles. The number of hydrogen-bond acceptors (Lipinski definition) is 3. The van der Waals surface area contributed by atoms with Gasteiger partial charge in [0.2, 0.25) is 0 Å². The van der Waals surface area contributed by atoms with Gasteiger partial charge in [-0.2, -0.15) is 0 Å². The van der Waals surface area contributed by atoms with E-state index in [4.69, 9.17) is 21.1 Å². The average molecular weight is 338 g/mol. The van der Waals surface area contributed by atoms with Gasteiger partial charge < -0.3 is 14.8 Å². The number of hydrogen-bond donors (Lipinski definition) is 1. The molecule has 4 nitrogen and oxygen atoms in total. The Labute approximate surface area is 139 Å². The third-order valence-corrected chi connectivity index (χ3v) is 3.66. The first-order chi connectivity index (χ1) is 11.0. The Morgan fingerprint density at radius 3 is 2.39 bits per heavy atom. The summed E-state index contributed by atoms with van der Waals surface area (Å²) in [4.78, 5) is 12.4. The summed E-state index contributed by atoms with van der Waals surface area (Å²) in [5.41, 5.74) is 0.943. The van der Waals surface area contributed by atoms with Crippen molar-refractivity contribution in [3.8, 4) is 11.5 Å². The molecule has 1 unspecified atom stereocenters. The minimum Gasteiger partial charge on any atom is -0.496 e. The van der Waals surface area contributed by atoms with Gasteiger partial charge in [-0.25, -0.2) is 4.39 Å². The van der Waals surface area contributed by atoms with E-state index >= 15 is 0 Å². The minimum absolute atomic E-state index is 0.156. The second-order valence-corrected chi connectivity index (χ2v) is 5.37. The van der Waals surface area contributed by atoms with Crippen LogP contribution >= 0.6 is 11.6 Å². The number of benzene rings is 2. The van der Waals surface area contributed by atoms with Gasteiger partial charge in [0.15, 0.2) is 11.6 Å². The summed E-state index contributed by atoms with van der Waals surface area (Å²) >= 11 is 5.93. The number of halogens is 2. The van der Waals surface area contributed by atoms with Crippen LogP contribution in [0.5, 0.6) is 11.5 Å². The van der Waals surface area contributed by atoms with Gasteiger partial charge in [0, 0.05) is 5.02 Å². The molecule has 0 aromatic heterocycles. The molecule has 122 valence electrons. The predicted molar refractivity (Wildman–Crippen MR) is 86.8 cm³/mol. The number of carbonyl (C=O) groups is 1. The molecule has 1 atom stereocenters. The summed E-state index contributed by atoms with van der Waals surface area (Å²) in [5, 5.41) is 3.22. The van der Waals surface area contributed by atoms with Crippen LogP contribution in [0, 0.1) is 5.82 Å². The molecule has 2 aromatic rings. The minimum atomic E-state index is -0.480. The number of nitrogens with one attached hydrogen (secondary N) is 1. The van der Waals surface area contributed by atoms with Crippen LogP contribution in [0.2, 0.25) is 5.02 Å². The van der Waals surface area contributed by atoms with Crippen LogP contribution in [-0.2, 0) is 0 Å². The van der Waals surface area contributed by atoms with Crippen LogP contribution in [0.15, 0.2) is 36.4 Å². The molecule has 0 saturated heterocycles. The molecule has 2 rings (SSSR count). The van der Waals surface area contributed by atoms with Gasteiger partial charge in [-0.3, -0.25) is 4.79 Å². The number of ether oxygens (including phenoxy) is 2. The van der Waals surface area contributed by atoms with E-state index in [-0.39, 0.29) is 11.7 Å². The van der Waals surface area contributed by atoms with Crippen molar-refractivity contribution in [3.63, 3.8) is 0 Å². The van der Waals surface area contributed by atoms with Crippen LogP contribution in [0.1, 0.15) is 28.9 Å². The molecule has 0 aliphatic heterocycles. The second kappa shape index (κ2) is 7.33. The molecule has 0 fully saturated rings. The van der Waals surface area contributed by atoms with Crippen molar-refractivity contribution in [2.24, 2.45) is 0 Å². The molecule has 6 heteroatoms. The van der Waals surface area contributed by atoms with Gasteiger partial charge in [0.05, 0.1) is 25.8 Å². The van der Waals surface area contributed by atoms with E-state index in [2.05, 4.69) is 5.32 Å². The van der Waals surface area contributed by atoms with E-state index in [0.29, 0.717) is 21.9 Å². The fourth-order valence-electron chi connectivity index (χ4n) is 2.17. The van der Waals surface area contributed by atoms with Crippen molar-refractivity contribution >= 4 is 17.5 Å². The van der Waals surface area contributed by atoms with Crippen molar-refractivity contribution in [3.05, 3.63) is 58.4 Å². The van der Waals surface area contributed by atoms with Crippen LogP contribution < -0.4 is 14.8 Å². The average Bonchev–Trinajstić information content (AvgIpc) is 2.54. The van der Waals surface area contributed by atoms with Crippen molar-refractivity contribution < 1.29 is 18.7 Å². The fraction of sp³-hybridized carbons (Fsp3) is 0.235. The number of rotatable bonds is 5. The second-order valence-electron chi connectivity index (χ2n) is 4.93. The maximum atomic E-state index is 13.8. The highest BCUT2D eigenvalue weighted by molar-refractivity contribution is 6.31. The molecular formula is C17H17ClFNO3. The maximum absolute atomic E-state index is 13.8. The van der Waals surface area contributed by atoms with Crippen LogP contribution in [-0.4, -0.2) is 20.1 Å². The standard InChI is InChI=1S/C17H17ClFNO3/c1-10(11-4-6-16(23-3)14(19)8-11)20-17(21)13-9-12(18)5-7-15(13)22-2/h4-10H,1-3H3,(H,20,21).